The summed E-state index contributed by atoms with van der Waals surface area (Å²) in [6, 6.07) is 6.91. The van der Waals surface area contributed by atoms with E-state index in [9.17, 15) is 14.0 Å². The second-order valence-electron chi connectivity index (χ2n) is 4.12. The maximum Gasteiger partial charge on any atom is 0.338 e. The van der Waals surface area contributed by atoms with E-state index in [1.165, 1.54) is 30.5 Å². The highest BCUT2D eigenvalue weighted by atomic mass is 19.1. The van der Waals surface area contributed by atoms with Gasteiger partial charge in [-0.05, 0) is 36.8 Å². The van der Waals surface area contributed by atoms with Gasteiger partial charge in [-0.25, -0.2) is 9.18 Å². The van der Waals surface area contributed by atoms with Crippen LogP contribution in [0.5, 0.6) is 0 Å². The van der Waals surface area contributed by atoms with Crippen LogP contribution in [0.25, 0.3) is 0 Å². The molecule has 0 bridgehead atoms. The van der Waals surface area contributed by atoms with Crippen LogP contribution >= 0.6 is 0 Å². The summed E-state index contributed by atoms with van der Waals surface area (Å²) in [5.41, 5.74) is 0.255. The first-order valence-corrected chi connectivity index (χ1v) is 5.75. The lowest BCUT2D eigenvalue weighted by atomic mass is 10.1. The number of benzene rings is 1. The molecule has 1 aromatic carbocycles. The van der Waals surface area contributed by atoms with Gasteiger partial charge in [0, 0.05) is 11.9 Å². The minimum Gasteiger partial charge on any atom is -0.478 e. The molecule has 0 atom stereocenters. The van der Waals surface area contributed by atoms with Crippen molar-refractivity contribution in [3.63, 3.8) is 0 Å². The van der Waals surface area contributed by atoms with E-state index < -0.39 is 17.7 Å². The fourth-order valence-corrected chi connectivity index (χ4v) is 1.62. The minimum atomic E-state index is -1.25. The molecule has 0 fully saturated rings. The van der Waals surface area contributed by atoms with Crippen LogP contribution in [0.3, 0.4) is 0 Å². The van der Waals surface area contributed by atoms with Crippen molar-refractivity contribution in [2.45, 2.75) is 6.92 Å². The van der Waals surface area contributed by atoms with E-state index in [2.05, 4.69) is 10.3 Å². The predicted octanol–water partition coefficient (Wildman–Crippen LogP) is 2.48. The molecule has 2 rings (SSSR count). The Labute approximate surface area is 114 Å². The molecule has 1 aromatic heterocycles. The van der Waals surface area contributed by atoms with Crippen LogP contribution in [-0.4, -0.2) is 22.0 Å². The number of hydrogen-bond donors (Lipinski definition) is 2. The maximum atomic E-state index is 13.4. The third-order valence-electron chi connectivity index (χ3n) is 2.68. The predicted molar refractivity (Wildman–Crippen MR) is 70.3 cm³/mol. The molecule has 0 saturated heterocycles. The van der Waals surface area contributed by atoms with Gasteiger partial charge in [-0.2, -0.15) is 0 Å². The lowest BCUT2D eigenvalue weighted by Gasteiger charge is -2.07. The first kappa shape index (κ1) is 13.7. The maximum absolute atomic E-state index is 13.4. The zero-order valence-electron chi connectivity index (χ0n) is 10.6. The Bertz CT molecular complexity index is 686. The van der Waals surface area contributed by atoms with Gasteiger partial charge in [0.05, 0.1) is 5.56 Å². The van der Waals surface area contributed by atoms with Crippen LogP contribution in [0, 0.1) is 12.7 Å². The highest BCUT2D eigenvalue weighted by molar-refractivity contribution is 6.09. The summed E-state index contributed by atoms with van der Waals surface area (Å²) in [6.07, 6.45) is 1.32. The number of aromatic carboxylic acids is 1. The molecule has 0 aliphatic rings. The quantitative estimate of drug-likeness (QED) is 0.901. The van der Waals surface area contributed by atoms with Gasteiger partial charge in [0.15, 0.2) is 0 Å². The number of nitrogens with zero attached hydrogens (tertiary/aromatic N) is 1. The molecule has 0 spiro atoms. The number of nitrogens with one attached hydrogen (secondary N) is 1. The molecule has 2 N–H and O–H groups in total. The van der Waals surface area contributed by atoms with E-state index in [4.69, 9.17) is 5.11 Å². The van der Waals surface area contributed by atoms with Crippen molar-refractivity contribution >= 4 is 17.6 Å². The Balaban J connectivity index is 2.28. The van der Waals surface area contributed by atoms with Crippen molar-refractivity contribution in [2.75, 3.05) is 5.32 Å². The van der Waals surface area contributed by atoms with Gasteiger partial charge >= 0.3 is 5.97 Å². The summed E-state index contributed by atoms with van der Waals surface area (Å²) >= 11 is 0. The number of hydrogen-bond acceptors (Lipinski definition) is 3. The summed E-state index contributed by atoms with van der Waals surface area (Å²) < 4.78 is 13.4. The van der Waals surface area contributed by atoms with Crippen LogP contribution in [0.4, 0.5) is 10.1 Å². The van der Waals surface area contributed by atoms with Crippen molar-refractivity contribution in [1.29, 1.82) is 0 Å². The van der Waals surface area contributed by atoms with Gasteiger partial charge in [0.2, 0.25) is 0 Å². The van der Waals surface area contributed by atoms with E-state index >= 15 is 0 Å². The van der Waals surface area contributed by atoms with Crippen molar-refractivity contribution in [2.24, 2.45) is 0 Å². The van der Waals surface area contributed by atoms with Crippen molar-refractivity contribution in [1.82, 2.24) is 4.98 Å². The van der Waals surface area contributed by atoms with Gasteiger partial charge in [0.25, 0.3) is 5.91 Å². The number of carbonyl (C=O) groups excluding carboxylic acids is 1. The summed E-state index contributed by atoms with van der Waals surface area (Å²) in [7, 11) is 0. The smallest absolute Gasteiger partial charge is 0.338 e. The number of carboxylic acids is 1. The molecular weight excluding hydrogens is 263 g/mol. The highest BCUT2D eigenvalue weighted by Crippen LogP contribution is 2.15. The molecule has 20 heavy (non-hydrogen) atoms. The molecule has 102 valence electrons. The summed E-state index contributed by atoms with van der Waals surface area (Å²) in [6.45, 7) is 1.60. The standard InChI is InChI=1S/C14H11FN2O3/c1-8-4-5-9(7-11(8)15)17-13(18)12-10(14(19)20)3-2-6-16-12/h2-7H,1H3,(H,17,18)(H,19,20). The fraction of sp³-hybridized carbons (Fsp3) is 0.0714. The molecule has 0 aliphatic carbocycles. The lowest BCUT2D eigenvalue weighted by molar-refractivity contribution is 0.0691. The average molecular weight is 274 g/mol. The third kappa shape index (κ3) is 2.80. The summed E-state index contributed by atoms with van der Waals surface area (Å²) in [5.74, 6) is -2.41. The first-order valence-electron chi connectivity index (χ1n) is 5.75. The monoisotopic (exact) mass is 274 g/mol. The number of aryl methyl sites for hydroxylation is 1. The molecule has 0 radical (unpaired) electrons. The van der Waals surface area contributed by atoms with Crippen LogP contribution < -0.4 is 5.32 Å². The Hall–Kier alpha value is -2.76. The minimum absolute atomic E-state index is 0.211. The van der Waals surface area contributed by atoms with Gasteiger partial charge in [-0.3, -0.25) is 9.78 Å². The van der Waals surface area contributed by atoms with Gasteiger partial charge in [0.1, 0.15) is 11.5 Å². The van der Waals surface area contributed by atoms with E-state index in [0.29, 0.717) is 5.56 Å². The zero-order valence-corrected chi connectivity index (χ0v) is 10.6. The largest absolute Gasteiger partial charge is 0.478 e. The Morgan fingerprint density at radius 3 is 2.70 bits per heavy atom. The Morgan fingerprint density at radius 1 is 1.30 bits per heavy atom. The summed E-state index contributed by atoms with van der Waals surface area (Å²) in [5, 5.41) is 11.4. The molecule has 0 saturated carbocycles. The fourth-order valence-electron chi connectivity index (χ4n) is 1.62. The molecule has 2 aromatic rings. The van der Waals surface area contributed by atoms with Crippen LogP contribution in [-0.2, 0) is 0 Å². The van der Waals surface area contributed by atoms with E-state index in [1.54, 1.807) is 6.92 Å². The molecule has 0 unspecified atom stereocenters. The van der Waals surface area contributed by atoms with Crippen LogP contribution in [0.1, 0.15) is 26.4 Å². The van der Waals surface area contributed by atoms with E-state index in [0.717, 1.165) is 6.07 Å². The third-order valence-corrected chi connectivity index (χ3v) is 2.68. The van der Waals surface area contributed by atoms with Crippen molar-refractivity contribution in [3.05, 3.63) is 59.2 Å². The Kier molecular flexibility index (Phi) is 3.74. The number of anilines is 1. The SMILES string of the molecule is Cc1ccc(NC(=O)c2ncccc2C(=O)O)cc1F. The molecule has 5 nitrogen and oxygen atoms in total. The van der Waals surface area contributed by atoms with Crippen molar-refractivity contribution in [3.8, 4) is 0 Å². The van der Waals surface area contributed by atoms with Crippen LogP contribution in [0.15, 0.2) is 36.5 Å². The van der Waals surface area contributed by atoms with Gasteiger partial charge < -0.3 is 10.4 Å². The summed E-state index contributed by atoms with van der Waals surface area (Å²) in [4.78, 5) is 26.7. The first-order chi connectivity index (χ1) is 9.49. The molecule has 0 aliphatic heterocycles. The van der Waals surface area contributed by atoms with Crippen molar-refractivity contribution < 1.29 is 19.1 Å². The highest BCUT2D eigenvalue weighted by Gasteiger charge is 2.17. The number of aromatic nitrogens is 1. The Morgan fingerprint density at radius 2 is 2.05 bits per heavy atom. The van der Waals surface area contributed by atoms with Gasteiger partial charge in [-0.1, -0.05) is 6.07 Å². The number of pyridine rings is 1. The number of rotatable bonds is 3. The molecule has 1 amide bonds. The second kappa shape index (κ2) is 5.48. The molecule has 6 heteroatoms. The van der Waals surface area contributed by atoms with E-state index in [-0.39, 0.29) is 16.9 Å². The van der Waals surface area contributed by atoms with Crippen LogP contribution in [0.2, 0.25) is 0 Å². The molecular formula is C14H11FN2O3. The number of carbonyl (C=O) groups is 2. The molecule has 1 heterocycles. The topological polar surface area (TPSA) is 79.3 Å². The second-order valence-corrected chi connectivity index (χ2v) is 4.12. The zero-order chi connectivity index (χ0) is 14.7. The van der Waals surface area contributed by atoms with Gasteiger partial charge in [-0.15, -0.1) is 0 Å². The number of amides is 1. The normalized spacial score (nSPS) is 10.1. The average Bonchev–Trinajstić information content (AvgIpc) is 2.43. The van der Waals surface area contributed by atoms with E-state index in [1.807, 2.05) is 0 Å². The lowest BCUT2D eigenvalue weighted by Crippen LogP contribution is -2.18. The number of halogens is 1. The number of carboxylic acid groups (broad SMARTS) is 1.